The minimum absolute atomic E-state index is 0.645. The summed E-state index contributed by atoms with van der Waals surface area (Å²) in [6, 6.07) is 24.8. The van der Waals surface area contributed by atoms with Gasteiger partial charge in [0.15, 0.2) is 5.58 Å². The summed E-state index contributed by atoms with van der Waals surface area (Å²) < 4.78 is 6.21. The van der Waals surface area contributed by atoms with E-state index < -0.39 is 0 Å². The van der Waals surface area contributed by atoms with Crippen molar-refractivity contribution in [1.82, 2.24) is 4.98 Å². The molecule has 5 aromatic rings. The molecule has 0 aliphatic heterocycles. The second kappa shape index (κ2) is 7.08. The molecule has 27 heavy (non-hydrogen) atoms. The van der Waals surface area contributed by atoms with Gasteiger partial charge in [-0.25, -0.2) is 4.98 Å². The maximum Gasteiger partial charge on any atom is 0.227 e. The van der Waals surface area contributed by atoms with Gasteiger partial charge in [-0.1, -0.05) is 87.2 Å². The van der Waals surface area contributed by atoms with E-state index in [0.29, 0.717) is 5.89 Å². The minimum Gasteiger partial charge on any atom is -0.435 e. The van der Waals surface area contributed by atoms with E-state index in [1.807, 2.05) is 56.3 Å². The number of nitrogens with zero attached hydrogens (tertiary/aromatic N) is 1. The Kier molecular flexibility index (Phi) is 4.47. The summed E-state index contributed by atoms with van der Waals surface area (Å²) in [4.78, 5) is 4.82. The van der Waals surface area contributed by atoms with Crippen LogP contribution in [-0.2, 0) is 0 Å². The predicted octanol–water partition coefficient (Wildman–Crippen LogP) is 7.47. The van der Waals surface area contributed by atoms with Gasteiger partial charge in [0.1, 0.15) is 5.52 Å². The summed E-state index contributed by atoms with van der Waals surface area (Å²) in [6.07, 6.45) is 1.83. The summed E-state index contributed by atoms with van der Waals surface area (Å²) in [7, 11) is 0. The van der Waals surface area contributed by atoms with Crippen molar-refractivity contribution >= 4 is 38.7 Å². The van der Waals surface area contributed by atoms with Crippen molar-refractivity contribution in [2.45, 2.75) is 13.8 Å². The summed E-state index contributed by atoms with van der Waals surface area (Å²) in [5.74, 6) is 0.645. The van der Waals surface area contributed by atoms with Gasteiger partial charge in [0.25, 0.3) is 0 Å². The molecule has 4 aromatic carbocycles. The lowest BCUT2D eigenvalue weighted by Gasteiger charge is -2.04. The van der Waals surface area contributed by atoms with Gasteiger partial charge in [-0.15, -0.1) is 0 Å². The van der Waals surface area contributed by atoms with Crippen molar-refractivity contribution < 1.29 is 4.42 Å². The third-order valence-electron chi connectivity index (χ3n) is 4.66. The van der Waals surface area contributed by atoms with E-state index in [1.165, 1.54) is 10.8 Å². The Bertz CT molecular complexity index is 1170. The Balaban J connectivity index is 0.000000872. The van der Waals surface area contributed by atoms with Gasteiger partial charge in [-0.3, -0.25) is 0 Å². The van der Waals surface area contributed by atoms with Gasteiger partial charge in [-0.05, 0) is 28.5 Å². The van der Waals surface area contributed by atoms with Crippen molar-refractivity contribution in [3.8, 4) is 11.5 Å². The fourth-order valence-corrected chi connectivity index (χ4v) is 3.41. The molecule has 0 aliphatic rings. The summed E-state index contributed by atoms with van der Waals surface area (Å²) >= 11 is 0. The van der Waals surface area contributed by atoms with Crippen molar-refractivity contribution in [1.29, 1.82) is 0 Å². The molecule has 0 spiro atoms. The first-order chi connectivity index (χ1) is 13.3. The van der Waals surface area contributed by atoms with Crippen LogP contribution in [0.2, 0.25) is 0 Å². The largest absolute Gasteiger partial charge is 0.435 e. The van der Waals surface area contributed by atoms with E-state index in [0.717, 1.165) is 33.0 Å². The van der Waals surface area contributed by atoms with Crippen LogP contribution in [0, 0.1) is 0 Å². The highest BCUT2D eigenvalue weighted by atomic mass is 16.3. The van der Waals surface area contributed by atoms with Crippen LogP contribution >= 0.6 is 0 Å². The van der Waals surface area contributed by atoms with Crippen LogP contribution in [0.5, 0.6) is 0 Å². The molecule has 0 amide bonds. The van der Waals surface area contributed by atoms with E-state index in [1.54, 1.807) is 0 Å². The number of hydrogen-bond donors (Lipinski definition) is 0. The number of hydrogen-bond acceptors (Lipinski definition) is 2. The highest BCUT2D eigenvalue weighted by molar-refractivity contribution is 6.22. The predicted molar refractivity (Wildman–Crippen MR) is 116 cm³/mol. The quantitative estimate of drug-likeness (QED) is 0.308. The van der Waals surface area contributed by atoms with Crippen LogP contribution in [0.4, 0.5) is 0 Å². The Morgan fingerprint density at radius 1 is 0.741 bits per heavy atom. The number of benzene rings is 4. The molecule has 5 rings (SSSR count). The smallest absolute Gasteiger partial charge is 0.227 e. The van der Waals surface area contributed by atoms with Crippen LogP contribution in [0.1, 0.15) is 19.4 Å². The zero-order valence-electron chi connectivity index (χ0n) is 15.6. The third kappa shape index (κ3) is 2.80. The molecular weight excluding hydrogens is 330 g/mol. The molecule has 0 N–H and O–H groups in total. The molecule has 0 unspecified atom stereocenters. The highest BCUT2D eigenvalue weighted by Crippen LogP contribution is 2.36. The van der Waals surface area contributed by atoms with Crippen LogP contribution < -0.4 is 0 Å². The molecule has 1 aromatic heterocycles. The summed E-state index contributed by atoms with van der Waals surface area (Å²) in [5.41, 5.74) is 3.81. The molecule has 1 heterocycles. The van der Waals surface area contributed by atoms with Gasteiger partial charge in [0.05, 0.1) is 0 Å². The Morgan fingerprint density at radius 2 is 1.30 bits per heavy atom. The Morgan fingerprint density at radius 3 is 1.93 bits per heavy atom. The number of fused-ring (bicyclic) bond motifs is 6. The van der Waals surface area contributed by atoms with Crippen molar-refractivity contribution in [2.24, 2.45) is 0 Å². The normalized spacial score (nSPS) is 10.7. The van der Waals surface area contributed by atoms with Gasteiger partial charge in [-0.2, -0.15) is 0 Å². The van der Waals surface area contributed by atoms with Crippen LogP contribution in [0.3, 0.4) is 0 Å². The zero-order valence-corrected chi connectivity index (χ0v) is 15.6. The average molecular weight is 351 g/mol. The summed E-state index contributed by atoms with van der Waals surface area (Å²) in [5, 5.41) is 4.61. The molecule has 0 saturated carbocycles. The average Bonchev–Trinajstić information content (AvgIpc) is 3.21. The van der Waals surface area contributed by atoms with Crippen molar-refractivity contribution in [3.63, 3.8) is 0 Å². The maximum atomic E-state index is 6.21. The van der Waals surface area contributed by atoms with E-state index in [4.69, 9.17) is 9.40 Å². The second-order valence-corrected chi connectivity index (χ2v) is 6.11. The molecule has 0 atom stereocenters. The molecule has 0 saturated heterocycles. The van der Waals surface area contributed by atoms with Gasteiger partial charge in [0, 0.05) is 16.3 Å². The van der Waals surface area contributed by atoms with Crippen molar-refractivity contribution in [3.05, 3.63) is 84.9 Å². The molecule has 132 valence electrons. The first-order valence-electron chi connectivity index (χ1n) is 9.28. The van der Waals surface area contributed by atoms with E-state index in [9.17, 15) is 0 Å². The van der Waals surface area contributed by atoms with Crippen molar-refractivity contribution in [2.75, 3.05) is 0 Å². The van der Waals surface area contributed by atoms with E-state index in [-0.39, 0.29) is 0 Å². The third-order valence-corrected chi connectivity index (χ3v) is 4.66. The van der Waals surface area contributed by atoms with Crippen LogP contribution in [-0.4, -0.2) is 4.98 Å². The molecule has 2 nitrogen and oxygen atoms in total. The second-order valence-electron chi connectivity index (χ2n) is 6.11. The number of aromatic nitrogens is 1. The van der Waals surface area contributed by atoms with E-state index in [2.05, 4.69) is 43.0 Å². The molecular formula is C25H21NO. The standard InChI is InChI=1S/C23H15NO.C2H6/c1-2-15-11-13-16(14-12-15)23-24-21-19-9-5-3-7-17(19)18-8-4-6-10-20(18)22(21)25-23;1-2/h2-14H,1H2;1-2H3. The van der Waals surface area contributed by atoms with Gasteiger partial charge < -0.3 is 4.42 Å². The Hall–Kier alpha value is -3.39. The van der Waals surface area contributed by atoms with Crippen LogP contribution in [0.15, 0.2) is 83.8 Å². The fraction of sp³-hybridized carbons (Fsp3) is 0.0800. The lowest BCUT2D eigenvalue weighted by Crippen LogP contribution is -1.81. The number of rotatable bonds is 2. The molecule has 0 fully saturated rings. The topological polar surface area (TPSA) is 26.0 Å². The van der Waals surface area contributed by atoms with Gasteiger partial charge >= 0.3 is 0 Å². The fourth-order valence-electron chi connectivity index (χ4n) is 3.41. The monoisotopic (exact) mass is 351 g/mol. The number of oxazole rings is 1. The Labute approximate surface area is 158 Å². The lowest BCUT2D eigenvalue weighted by molar-refractivity contribution is 0.623. The first kappa shape index (κ1) is 17.0. The van der Waals surface area contributed by atoms with Crippen LogP contribution in [0.25, 0.3) is 50.2 Å². The molecule has 2 heteroatoms. The zero-order chi connectivity index (χ0) is 18.8. The molecule has 0 aliphatic carbocycles. The minimum atomic E-state index is 0.645. The lowest BCUT2D eigenvalue weighted by atomic mass is 10.0. The molecule has 0 radical (unpaired) electrons. The SMILES string of the molecule is C=Cc1ccc(-c2nc3c4ccccc4c4ccccc4c3o2)cc1.CC. The van der Waals surface area contributed by atoms with Gasteiger partial charge in [0.2, 0.25) is 5.89 Å². The van der Waals surface area contributed by atoms with E-state index >= 15 is 0 Å². The summed E-state index contributed by atoms with van der Waals surface area (Å²) in [6.45, 7) is 7.80. The maximum absolute atomic E-state index is 6.21. The highest BCUT2D eigenvalue weighted by Gasteiger charge is 2.15. The molecule has 0 bridgehead atoms. The first-order valence-corrected chi connectivity index (χ1v) is 9.28.